The number of halogens is 1. The molecular weight excluding hydrogens is 342 g/mol. The summed E-state index contributed by atoms with van der Waals surface area (Å²) in [6, 6.07) is 6.81. The number of aromatic nitrogens is 2. The van der Waals surface area contributed by atoms with Crippen LogP contribution in [0.2, 0.25) is 5.02 Å². The summed E-state index contributed by atoms with van der Waals surface area (Å²) in [5.41, 5.74) is 0.708. The van der Waals surface area contributed by atoms with Gasteiger partial charge in [0.15, 0.2) is 0 Å². The van der Waals surface area contributed by atoms with Gasteiger partial charge in [-0.2, -0.15) is 4.31 Å². The molecule has 0 bridgehead atoms. The van der Waals surface area contributed by atoms with Gasteiger partial charge in [0.1, 0.15) is 5.82 Å². The lowest BCUT2D eigenvalue weighted by Gasteiger charge is -2.19. The smallest absolute Gasteiger partial charge is 0.338 e. The lowest BCUT2D eigenvalue weighted by molar-refractivity contribution is 0.0696. The van der Waals surface area contributed by atoms with E-state index >= 15 is 0 Å². The Labute approximate surface area is 138 Å². The molecule has 0 aliphatic heterocycles. The number of benzene rings is 1. The van der Waals surface area contributed by atoms with E-state index in [1.165, 1.54) is 4.31 Å². The highest BCUT2D eigenvalue weighted by Crippen LogP contribution is 2.14. The molecule has 2 rings (SSSR count). The summed E-state index contributed by atoms with van der Waals surface area (Å²) in [7, 11) is -3.49. The van der Waals surface area contributed by atoms with Crippen molar-refractivity contribution in [3.63, 3.8) is 0 Å². The number of aromatic carboxylic acids is 1. The Hall–Kier alpha value is -2.03. The molecule has 1 N–H and O–H groups in total. The summed E-state index contributed by atoms with van der Waals surface area (Å²) in [6.07, 6.45) is 3.38. The maximum Gasteiger partial charge on any atom is 0.338 e. The normalized spacial score (nSPS) is 11.6. The van der Waals surface area contributed by atoms with Crippen LogP contribution in [0.5, 0.6) is 0 Å². The van der Waals surface area contributed by atoms with E-state index in [4.69, 9.17) is 16.7 Å². The number of carboxylic acid groups (broad SMARTS) is 1. The van der Waals surface area contributed by atoms with Crippen molar-refractivity contribution in [1.29, 1.82) is 0 Å². The molecule has 7 nitrogen and oxygen atoms in total. The molecule has 23 heavy (non-hydrogen) atoms. The van der Waals surface area contributed by atoms with Gasteiger partial charge in [0.2, 0.25) is 10.0 Å². The van der Waals surface area contributed by atoms with E-state index in [2.05, 4.69) is 9.97 Å². The van der Waals surface area contributed by atoms with Crippen LogP contribution in [0, 0.1) is 0 Å². The van der Waals surface area contributed by atoms with Gasteiger partial charge in [-0.05, 0) is 17.7 Å². The number of rotatable bonds is 6. The van der Waals surface area contributed by atoms with Gasteiger partial charge in [0.25, 0.3) is 0 Å². The molecule has 1 heterocycles. The topological polar surface area (TPSA) is 100 Å². The Kier molecular flexibility index (Phi) is 5.30. The van der Waals surface area contributed by atoms with E-state index in [-0.39, 0.29) is 24.5 Å². The summed E-state index contributed by atoms with van der Waals surface area (Å²) >= 11 is 5.81. The zero-order chi connectivity index (χ0) is 17.0. The quantitative estimate of drug-likeness (QED) is 0.847. The molecule has 0 aliphatic rings. The molecule has 0 unspecified atom stereocenters. The molecule has 9 heteroatoms. The van der Waals surface area contributed by atoms with E-state index in [0.29, 0.717) is 5.02 Å². The average molecular weight is 356 g/mol. The van der Waals surface area contributed by atoms with Crippen LogP contribution in [-0.2, 0) is 23.1 Å². The van der Waals surface area contributed by atoms with Crippen LogP contribution in [0.1, 0.15) is 21.7 Å². The van der Waals surface area contributed by atoms with Crippen LogP contribution >= 0.6 is 11.6 Å². The van der Waals surface area contributed by atoms with Crippen molar-refractivity contribution in [2.24, 2.45) is 0 Å². The first-order valence-electron chi connectivity index (χ1n) is 6.49. The Bertz CT molecular complexity index is 792. The first kappa shape index (κ1) is 17.3. The largest absolute Gasteiger partial charge is 0.478 e. The molecule has 0 fully saturated rings. The fourth-order valence-corrected chi connectivity index (χ4v) is 2.65. The van der Waals surface area contributed by atoms with Crippen molar-refractivity contribution in [3.05, 3.63) is 58.6 Å². The minimum atomic E-state index is -3.49. The fourth-order valence-electron chi connectivity index (χ4n) is 1.79. The number of carboxylic acids is 1. The zero-order valence-corrected chi connectivity index (χ0v) is 13.8. The van der Waals surface area contributed by atoms with Crippen LogP contribution in [0.15, 0.2) is 36.7 Å². The molecule has 0 saturated carbocycles. The number of nitrogens with zero attached hydrogens (tertiary/aromatic N) is 3. The second kappa shape index (κ2) is 7.03. The zero-order valence-electron chi connectivity index (χ0n) is 12.2. The number of carbonyl (C=O) groups is 1. The summed E-state index contributed by atoms with van der Waals surface area (Å²) in [5, 5.41) is 9.37. The maximum atomic E-state index is 11.9. The van der Waals surface area contributed by atoms with E-state index in [1.54, 1.807) is 24.3 Å². The van der Waals surface area contributed by atoms with Crippen LogP contribution < -0.4 is 0 Å². The highest BCUT2D eigenvalue weighted by Gasteiger charge is 2.19. The third kappa shape index (κ3) is 4.98. The van der Waals surface area contributed by atoms with E-state index in [1.807, 2.05) is 0 Å². The molecule has 0 amide bonds. The van der Waals surface area contributed by atoms with Crippen molar-refractivity contribution < 1.29 is 18.3 Å². The minimum Gasteiger partial charge on any atom is -0.478 e. The monoisotopic (exact) mass is 355 g/mol. The van der Waals surface area contributed by atoms with Gasteiger partial charge < -0.3 is 5.11 Å². The van der Waals surface area contributed by atoms with Crippen molar-refractivity contribution in [1.82, 2.24) is 14.3 Å². The van der Waals surface area contributed by atoms with Crippen LogP contribution in [-0.4, -0.2) is 40.0 Å². The summed E-state index contributed by atoms with van der Waals surface area (Å²) in [4.78, 5) is 18.5. The van der Waals surface area contributed by atoms with Crippen LogP contribution in [0.3, 0.4) is 0 Å². The molecule has 1 aromatic heterocycles. The average Bonchev–Trinajstić information content (AvgIpc) is 2.48. The minimum absolute atomic E-state index is 0.0542. The second-order valence-corrected chi connectivity index (χ2v) is 7.27. The number of sulfonamides is 1. The van der Waals surface area contributed by atoms with Gasteiger partial charge in [0.05, 0.1) is 18.4 Å². The fraction of sp³-hybridized carbons (Fsp3) is 0.214. The molecule has 0 aliphatic carbocycles. The van der Waals surface area contributed by atoms with Gasteiger partial charge in [-0.3, -0.25) is 0 Å². The predicted molar refractivity (Wildman–Crippen MR) is 84.5 cm³/mol. The van der Waals surface area contributed by atoms with Gasteiger partial charge in [-0.15, -0.1) is 0 Å². The SMILES string of the molecule is CS(=O)(=O)N(Cc1ccc(Cl)cc1)Cc1ncc(C(=O)O)cn1. The van der Waals surface area contributed by atoms with E-state index in [0.717, 1.165) is 24.2 Å². The highest BCUT2D eigenvalue weighted by molar-refractivity contribution is 7.88. The Balaban J connectivity index is 2.19. The second-order valence-electron chi connectivity index (χ2n) is 4.85. The van der Waals surface area contributed by atoms with Gasteiger partial charge >= 0.3 is 5.97 Å². The molecular formula is C14H14ClN3O4S. The maximum absolute atomic E-state index is 11.9. The molecule has 1 aromatic carbocycles. The van der Waals surface area contributed by atoms with Gasteiger partial charge in [-0.1, -0.05) is 23.7 Å². The van der Waals surface area contributed by atoms with Crippen molar-refractivity contribution in [3.8, 4) is 0 Å². The molecule has 0 atom stereocenters. The molecule has 2 aromatic rings. The molecule has 0 saturated heterocycles. The Morgan fingerprint density at radius 1 is 1.17 bits per heavy atom. The molecule has 122 valence electrons. The third-order valence-corrected chi connectivity index (χ3v) is 4.46. The Morgan fingerprint density at radius 3 is 2.22 bits per heavy atom. The highest BCUT2D eigenvalue weighted by atomic mass is 35.5. The first-order chi connectivity index (χ1) is 10.8. The predicted octanol–water partition coefficient (Wildman–Crippen LogP) is 1.79. The standard InChI is InChI=1S/C14H14ClN3O4S/c1-23(21,22)18(8-10-2-4-12(15)5-3-10)9-13-16-6-11(7-17-13)14(19)20/h2-7H,8-9H2,1H3,(H,19,20). The van der Waals surface area contributed by atoms with Crippen LogP contribution in [0.25, 0.3) is 0 Å². The summed E-state index contributed by atoms with van der Waals surface area (Å²) in [6.45, 7) is 0.0847. The van der Waals surface area contributed by atoms with E-state index < -0.39 is 16.0 Å². The van der Waals surface area contributed by atoms with Crippen molar-refractivity contribution in [2.45, 2.75) is 13.1 Å². The van der Waals surface area contributed by atoms with Crippen molar-refractivity contribution >= 4 is 27.6 Å². The van der Waals surface area contributed by atoms with Gasteiger partial charge in [0, 0.05) is 24.0 Å². The molecule has 0 spiro atoms. The number of hydrogen-bond donors (Lipinski definition) is 1. The first-order valence-corrected chi connectivity index (χ1v) is 8.72. The lowest BCUT2D eigenvalue weighted by atomic mass is 10.2. The summed E-state index contributed by atoms with van der Waals surface area (Å²) < 4.78 is 25.1. The van der Waals surface area contributed by atoms with Gasteiger partial charge in [-0.25, -0.2) is 23.2 Å². The lowest BCUT2D eigenvalue weighted by Crippen LogP contribution is -2.30. The third-order valence-electron chi connectivity index (χ3n) is 3.01. The molecule has 0 radical (unpaired) electrons. The van der Waals surface area contributed by atoms with Crippen LogP contribution in [0.4, 0.5) is 0 Å². The number of hydrogen-bond acceptors (Lipinski definition) is 5. The van der Waals surface area contributed by atoms with E-state index in [9.17, 15) is 13.2 Å². The van der Waals surface area contributed by atoms with Crippen molar-refractivity contribution in [2.75, 3.05) is 6.26 Å². The Morgan fingerprint density at radius 2 is 1.74 bits per heavy atom. The summed E-state index contributed by atoms with van der Waals surface area (Å²) in [5.74, 6) is -0.924.